The first-order valence-corrected chi connectivity index (χ1v) is 9.77. The van der Waals surface area contributed by atoms with Crippen molar-refractivity contribution in [3.63, 3.8) is 0 Å². The molecule has 4 nitrogen and oxygen atoms in total. The molecule has 0 aliphatic heterocycles. The van der Waals surface area contributed by atoms with Crippen LogP contribution in [0.1, 0.15) is 0 Å². The largest absolute Gasteiger partial charge is 0.328 e. The van der Waals surface area contributed by atoms with Crippen LogP contribution in [-0.2, 0) is 0 Å². The zero-order valence-electron chi connectivity index (χ0n) is 16.2. The number of hydrogen-bond donors (Lipinski definition) is 0. The maximum absolute atomic E-state index is 13.5. The summed E-state index contributed by atoms with van der Waals surface area (Å²) in [7, 11) is 5.73. The number of fused-ring (bicyclic) bond motifs is 1. The summed E-state index contributed by atoms with van der Waals surface area (Å²) in [5.74, 6) is 0. The van der Waals surface area contributed by atoms with Crippen LogP contribution >= 0.6 is 23.2 Å². The van der Waals surface area contributed by atoms with Crippen LogP contribution in [0.3, 0.4) is 0 Å². The number of benzene rings is 3. The number of likely N-dealkylation sites (N-methyl/N-ethyl adjacent to an activating group) is 1. The summed E-state index contributed by atoms with van der Waals surface area (Å²) in [6.45, 7) is 1.30. The Kier molecular flexibility index (Phi) is 6.45. The van der Waals surface area contributed by atoms with Gasteiger partial charge in [0.25, 0.3) is 0 Å². The van der Waals surface area contributed by atoms with Crippen LogP contribution in [0.4, 0.5) is 16.2 Å². The molecule has 0 saturated carbocycles. The highest BCUT2D eigenvalue weighted by Gasteiger charge is 2.23. The van der Waals surface area contributed by atoms with Crippen LogP contribution < -0.4 is 9.80 Å². The minimum Gasteiger partial charge on any atom is -0.308 e. The second kappa shape index (κ2) is 8.82. The van der Waals surface area contributed by atoms with E-state index in [1.54, 1.807) is 30.1 Å². The molecule has 0 atom stereocenters. The Hall–Kier alpha value is -2.27. The Morgan fingerprint density at radius 2 is 1.57 bits per heavy atom. The Morgan fingerprint density at radius 3 is 2.29 bits per heavy atom. The number of carbonyl (C=O) groups excluding carboxylic acids is 1. The highest BCUT2D eigenvalue weighted by atomic mass is 35.5. The van der Waals surface area contributed by atoms with Gasteiger partial charge in [-0.25, -0.2) is 4.79 Å². The van der Waals surface area contributed by atoms with Crippen LogP contribution in [-0.4, -0.2) is 45.2 Å². The van der Waals surface area contributed by atoms with E-state index in [0.29, 0.717) is 22.3 Å². The minimum atomic E-state index is -0.128. The Labute approximate surface area is 175 Å². The Bertz CT molecular complexity index is 985. The number of hydrogen-bond acceptors (Lipinski definition) is 2. The van der Waals surface area contributed by atoms with Crippen molar-refractivity contribution in [2.24, 2.45) is 0 Å². The van der Waals surface area contributed by atoms with Gasteiger partial charge in [0.05, 0.1) is 15.7 Å². The number of carbonyl (C=O) groups is 1. The lowest BCUT2D eigenvalue weighted by atomic mass is 10.1. The lowest BCUT2D eigenvalue weighted by molar-refractivity contribution is 0.251. The van der Waals surface area contributed by atoms with Gasteiger partial charge in [-0.3, -0.25) is 9.80 Å². The molecule has 6 heteroatoms. The lowest BCUT2D eigenvalue weighted by Crippen LogP contribution is -2.44. The smallest absolute Gasteiger partial charge is 0.308 e. The maximum Gasteiger partial charge on any atom is 0.328 e. The molecule has 0 aliphatic carbocycles. The van der Waals surface area contributed by atoms with Crippen LogP contribution in [0.15, 0.2) is 60.7 Å². The van der Waals surface area contributed by atoms with Gasteiger partial charge >= 0.3 is 6.03 Å². The number of rotatable bonds is 5. The van der Waals surface area contributed by atoms with Gasteiger partial charge < -0.3 is 4.90 Å². The molecular weight excluding hydrogens is 393 g/mol. The van der Waals surface area contributed by atoms with E-state index >= 15 is 0 Å². The monoisotopic (exact) mass is 415 g/mol. The fourth-order valence-corrected chi connectivity index (χ4v) is 3.34. The number of amides is 2. The number of halogens is 2. The molecule has 0 fully saturated rings. The van der Waals surface area contributed by atoms with E-state index in [-0.39, 0.29) is 6.03 Å². The van der Waals surface area contributed by atoms with Crippen molar-refractivity contribution < 1.29 is 4.79 Å². The van der Waals surface area contributed by atoms with Crippen molar-refractivity contribution in [1.29, 1.82) is 0 Å². The van der Waals surface area contributed by atoms with Gasteiger partial charge in [-0.1, -0.05) is 59.6 Å². The van der Waals surface area contributed by atoms with E-state index in [4.69, 9.17) is 23.2 Å². The summed E-state index contributed by atoms with van der Waals surface area (Å²) in [6, 6.07) is 19.2. The average Bonchev–Trinajstić information content (AvgIpc) is 2.69. The first kappa shape index (κ1) is 20.5. The molecule has 3 aromatic rings. The SMILES string of the molecule is CN(C)CCN(C(=O)N(C)c1ccc(Cl)c(Cl)c1)c1cccc2ccccc12. The fourth-order valence-electron chi connectivity index (χ4n) is 3.05. The number of anilines is 2. The molecule has 2 amide bonds. The predicted octanol–water partition coefficient (Wildman–Crippen LogP) is 5.77. The number of urea groups is 1. The fraction of sp³-hybridized carbons (Fsp3) is 0.227. The van der Waals surface area contributed by atoms with Crippen molar-refractivity contribution in [1.82, 2.24) is 4.90 Å². The summed E-state index contributed by atoms with van der Waals surface area (Å²) in [4.78, 5) is 18.9. The van der Waals surface area contributed by atoms with Gasteiger partial charge in [0.15, 0.2) is 0 Å². The summed E-state index contributed by atoms with van der Waals surface area (Å²) in [5.41, 5.74) is 1.58. The molecule has 146 valence electrons. The molecular formula is C22H23Cl2N3O. The third-order valence-corrected chi connectivity index (χ3v) is 5.38. The van der Waals surface area contributed by atoms with E-state index in [9.17, 15) is 4.79 Å². The third kappa shape index (κ3) is 4.41. The van der Waals surface area contributed by atoms with Gasteiger partial charge in [-0.15, -0.1) is 0 Å². The second-order valence-corrected chi connectivity index (χ2v) is 7.71. The van der Waals surface area contributed by atoms with Crippen molar-refractivity contribution in [3.8, 4) is 0 Å². The Balaban J connectivity index is 2.01. The van der Waals surface area contributed by atoms with Crippen LogP contribution in [0.2, 0.25) is 10.0 Å². The van der Waals surface area contributed by atoms with Crippen LogP contribution in [0, 0.1) is 0 Å². The molecule has 0 heterocycles. The summed E-state index contributed by atoms with van der Waals surface area (Å²) in [6.07, 6.45) is 0. The van der Waals surface area contributed by atoms with Crippen LogP contribution in [0.5, 0.6) is 0 Å². The summed E-state index contributed by atoms with van der Waals surface area (Å²) >= 11 is 12.2. The van der Waals surface area contributed by atoms with E-state index in [1.807, 2.05) is 49.3 Å². The van der Waals surface area contributed by atoms with Gasteiger partial charge in [0.1, 0.15) is 0 Å². The first-order chi connectivity index (χ1) is 13.4. The van der Waals surface area contributed by atoms with Crippen molar-refractivity contribution in [2.75, 3.05) is 44.0 Å². The molecule has 3 rings (SSSR count). The normalized spacial score (nSPS) is 11.1. The predicted molar refractivity (Wildman–Crippen MR) is 120 cm³/mol. The molecule has 0 aliphatic rings. The molecule has 0 saturated heterocycles. The molecule has 0 N–H and O–H groups in total. The van der Waals surface area contributed by atoms with Crippen LogP contribution in [0.25, 0.3) is 10.8 Å². The molecule has 3 aromatic carbocycles. The molecule has 0 radical (unpaired) electrons. The van der Waals surface area contributed by atoms with Crippen molar-refractivity contribution in [3.05, 3.63) is 70.7 Å². The molecule has 0 unspecified atom stereocenters. The van der Waals surface area contributed by atoms with Gasteiger partial charge in [0.2, 0.25) is 0 Å². The minimum absolute atomic E-state index is 0.128. The summed E-state index contributed by atoms with van der Waals surface area (Å²) in [5, 5.41) is 3.02. The number of nitrogens with zero attached hydrogens (tertiary/aromatic N) is 3. The Morgan fingerprint density at radius 1 is 0.857 bits per heavy atom. The topological polar surface area (TPSA) is 26.8 Å². The lowest BCUT2D eigenvalue weighted by Gasteiger charge is -2.30. The highest BCUT2D eigenvalue weighted by molar-refractivity contribution is 6.42. The zero-order chi connectivity index (χ0) is 20.3. The van der Waals surface area contributed by atoms with E-state index in [1.165, 1.54) is 0 Å². The zero-order valence-corrected chi connectivity index (χ0v) is 17.7. The molecule has 0 bridgehead atoms. The third-order valence-electron chi connectivity index (χ3n) is 4.64. The van der Waals surface area contributed by atoms with E-state index < -0.39 is 0 Å². The molecule has 28 heavy (non-hydrogen) atoms. The van der Waals surface area contributed by atoms with Gasteiger partial charge in [-0.05, 0) is 43.7 Å². The van der Waals surface area contributed by atoms with E-state index in [0.717, 1.165) is 23.0 Å². The molecule has 0 spiro atoms. The maximum atomic E-state index is 13.5. The second-order valence-electron chi connectivity index (χ2n) is 6.89. The standard InChI is InChI=1S/C22H23Cl2N3O/c1-25(2)13-14-27(21-10-6-8-16-7-4-5-9-18(16)21)22(28)26(3)17-11-12-19(23)20(24)15-17/h4-12,15H,13-14H2,1-3H3. The first-order valence-electron chi connectivity index (χ1n) is 9.01. The summed E-state index contributed by atoms with van der Waals surface area (Å²) < 4.78 is 0. The van der Waals surface area contributed by atoms with Crippen molar-refractivity contribution in [2.45, 2.75) is 0 Å². The van der Waals surface area contributed by atoms with E-state index in [2.05, 4.69) is 17.0 Å². The quantitative estimate of drug-likeness (QED) is 0.528. The highest BCUT2D eigenvalue weighted by Crippen LogP contribution is 2.30. The average molecular weight is 416 g/mol. The van der Waals surface area contributed by atoms with Gasteiger partial charge in [0, 0.05) is 31.2 Å². The van der Waals surface area contributed by atoms with Crippen molar-refractivity contribution >= 4 is 51.4 Å². The molecule has 0 aromatic heterocycles. The van der Waals surface area contributed by atoms with Gasteiger partial charge in [-0.2, -0.15) is 0 Å².